The average molecular weight is 347 g/mol. The van der Waals surface area contributed by atoms with E-state index in [2.05, 4.69) is 26.0 Å². The Morgan fingerprint density at radius 2 is 1.32 bits per heavy atom. The highest BCUT2D eigenvalue weighted by molar-refractivity contribution is 4.93. The Hall–Kier alpha value is -0.260. The first-order valence-corrected chi connectivity index (χ1v) is 12.0. The van der Waals surface area contributed by atoms with Gasteiger partial charge in [-0.2, -0.15) is 0 Å². The van der Waals surface area contributed by atoms with Gasteiger partial charge >= 0.3 is 0 Å². The zero-order chi connectivity index (χ0) is 17.7. The Morgan fingerprint density at radius 1 is 0.680 bits per heavy atom. The van der Waals surface area contributed by atoms with Crippen LogP contribution in [0.15, 0.2) is 12.2 Å². The minimum absolute atomic E-state index is 0.911. The monoisotopic (exact) mass is 346 g/mol. The quantitative estimate of drug-likeness (QED) is 0.259. The molecule has 2 atom stereocenters. The summed E-state index contributed by atoms with van der Waals surface area (Å²) in [6.07, 6.45) is 30.1. The molecule has 2 rings (SSSR count). The maximum atomic E-state index is 2.59. The highest BCUT2D eigenvalue weighted by Crippen LogP contribution is 2.37. The lowest BCUT2D eigenvalue weighted by atomic mass is 9.75. The van der Waals surface area contributed by atoms with E-state index in [-0.39, 0.29) is 0 Å². The molecular formula is C25H46. The van der Waals surface area contributed by atoms with Gasteiger partial charge in [0.1, 0.15) is 0 Å². The predicted molar refractivity (Wildman–Crippen MR) is 113 cm³/mol. The van der Waals surface area contributed by atoms with Crippen LogP contribution < -0.4 is 0 Å². The molecule has 0 aliphatic heterocycles. The summed E-state index contributed by atoms with van der Waals surface area (Å²) < 4.78 is 0. The van der Waals surface area contributed by atoms with E-state index >= 15 is 0 Å². The third-order valence-electron chi connectivity index (χ3n) is 7.18. The molecule has 0 bridgehead atoms. The molecule has 2 aliphatic carbocycles. The summed E-state index contributed by atoms with van der Waals surface area (Å²) >= 11 is 0. The maximum absolute atomic E-state index is 2.59. The van der Waals surface area contributed by atoms with E-state index in [1.165, 1.54) is 96.3 Å². The van der Waals surface area contributed by atoms with Crippen LogP contribution in [0.2, 0.25) is 0 Å². The summed E-state index contributed by atoms with van der Waals surface area (Å²) in [5.74, 6) is 4.07. The lowest BCUT2D eigenvalue weighted by Gasteiger charge is -2.30. The number of rotatable bonds is 11. The minimum atomic E-state index is 0.911. The lowest BCUT2D eigenvalue weighted by Crippen LogP contribution is -2.18. The maximum Gasteiger partial charge on any atom is -0.0205 e. The van der Waals surface area contributed by atoms with E-state index in [0.717, 1.165) is 23.7 Å². The van der Waals surface area contributed by atoms with Crippen LogP contribution >= 0.6 is 0 Å². The zero-order valence-corrected chi connectivity index (χ0v) is 17.5. The van der Waals surface area contributed by atoms with Crippen LogP contribution in [0.3, 0.4) is 0 Å². The van der Waals surface area contributed by atoms with Crippen molar-refractivity contribution < 1.29 is 0 Å². The van der Waals surface area contributed by atoms with Crippen LogP contribution in [0.4, 0.5) is 0 Å². The van der Waals surface area contributed by atoms with Crippen molar-refractivity contribution in [2.24, 2.45) is 23.7 Å². The van der Waals surface area contributed by atoms with Crippen molar-refractivity contribution in [3.05, 3.63) is 12.2 Å². The van der Waals surface area contributed by atoms with Crippen LogP contribution in [0, 0.1) is 23.7 Å². The first-order valence-electron chi connectivity index (χ1n) is 12.0. The van der Waals surface area contributed by atoms with Crippen molar-refractivity contribution in [3.8, 4) is 0 Å². The van der Waals surface area contributed by atoms with Crippen molar-refractivity contribution in [2.75, 3.05) is 0 Å². The molecule has 2 unspecified atom stereocenters. The smallest absolute Gasteiger partial charge is 0.0205 e. The van der Waals surface area contributed by atoms with Gasteiger partial charge in [0.15, 0.2) is 0 Å². The summed E-state index contributed by atoms with van der Waals surface area (Å²) in [7, 11) is 0. The van der Waals surface area contributed by atoms with Gasteiger partial charge in [-0.3, -0.25) is 0 Å². The van der Waals surface area contributed by atoms with Crippen molar-refractivity contribution in [1.82, 2.24) is 0 Å². The molecule has 0 heterocycles. The molecule has 2 fully saturated rings. The largest absolute Gasteiger partial charge is 0.0883 e. The van der Waals surface area contributed by atoms with E-state index in [1.807, 2.05) is 0 Å². The average Bonchev–Trinajstić information content (AvgIpc) is 2.66. The summed E-state index contributed by atoms with van der Waals surface area (Å²) in [6.45, 7) is 4.63. The second-order valence-corrected chi connectivity index (χ2v) is 9.24. The highest BCUT2D eigenvalue weighted by atomic mass is 14.3. The van der Waals surface area contributed by atoms with E-state index in [4.69, 9.17) is 0 Å². The molecule has 0 aromatic rings. The summed E-state index contributed by atoms with van der Waals surface area (Å²) in [5, 5.41) is 0. The van der Waals surface area contributed by atoms with Crippen LogP contribution in [0.5, 0.6) is 0 Å². The highest BCUT2D eigenvalue weighted by Gasteiger charge is 2.23. The molecule has 0 heteroatoms. The first-order chi connectivity index (χ1) is 12.3. The molecule has 0 radical (unpaired) electrons. The molecule has 2 saturated carbocycles. The molecule has 25 heavy (non-hydrogen) atoms. The molecule has 0 aromatic carbocycles. The van der Waals surface area contributed by atoms with Gasteiger partial charge in [-0.05, 0) is 49.4 Å². The van der Waals surface area contributed by atoms with Crippen molar-refractivity contribution >= 4 is 0 Å². The first kappa shape index (κ1) is 21.0. The molecule has 2 aliphatic rings. The van der Waals surface area contributed by atoms with E-state index in [9.17, 15) is 0 Å². The van der Waals surface area contributed by atoms with E-state index < -0.39 is 0 Å². The van der Waals surface area contributed by atoms with Crippen molar-refractivity contribution in [1.29, 1.82) is 0 Å². The molecular weight excluding hydrogens is 300 g/mol. The van der Waals surface area contributed by atoms with Crippen LogP contribution in [0.1, 0.15) is 123 Å². The Kier molecular flexibility index (Phi) is 10.9. The minimum Gasteiger partial charge on any atom is -0.0883 e. The lowest BCUT2D eigenvalue weighted by molar-refractivity contribution is 0.234. The number of allylic oxidation sites excluding steroid dienone is 2. The third-order valence-corrected chi connectivity index (χ3v) is 7.18. The molecule has 0 saturated heterocycles. The SMILES string of the molecule is CCC/C=C/C1CCCCC1CCCCC1CCC(CCCC)CC1. The second kappa shape index (κ2) is 13.0. The molecule has 0 spiro atoms. The van der Waals surface area contributed by atoms with Crippen molar-refractivity contribution in [3.63, 3.8) is 0 Å². The second-order valence-electron chi connectivity index (χ2n) is 9.24. The molecule has 0 amide bonds. The normalized spacial score (nSPS) is 30.8. The molecule has 0 aromatic heterocycles. The van der Waals surface area contributed by atoms with Gasteiger partial charge in [0.05, 0.1) is 0 Å². The molecule has 0 N–H and O–H groups in total. The van der Waals surface area contributed by atoms with Crippen LogP contribution in [-0.2, 0) is 0 Å². The fourth-order valence-electron chi connectivity index (χ4n) is 5.43. The van der Waals surface area contributed by atoms with Gasteiger partial charge in [0, 0.05) is 0 Å². The van der Waals surface area contributed by atoms with Gasteiger partial charge in [0.2, 0.25) is 0 Å². The fourth-order valence-corrected chi connectivity index (χ4v) is 5.43. The summed E-state index contributed by atoms with van der Waals surface area (Å²) in [6, 6.07) is 0. The number of unbranched alkanes of at least 4 members (excludes halogenated alkanes) is 3. The van der Waals surface area contributed by atoms with Gasteiger partial charge in [-0.15, -0.1) is 0 Å². The van der Waals surface area contributed by atoms with Crippen LogP contribution in [0.25, 0.3) is 0 Å². The van der Waals surface area contributed by atoms with Crippen molar-refractivity contribution in [2.45, 2.75) is 123 Å². The Bertz CT molecular complexity index is 334. The Labute approximate surface area is 159 Å². The predicted octanol–water partition coefficient (Wildman–Crippen LogP) is 8.71. The standard InChI is InChI=1S/C25H46/c1-3-5-7-14-24-16-10-11-17-25(24)15-9-8-13-23-20-18-22(19-21-23)12-6-4-2/h7,14,22-25H,3-6,8-13,15-21H2,1-2H3/b14-7+. The van der Waals surface area contributed by atoms with E-state index in [1.54, 1.807) is 12.8 Å². The summed E-state index contributed by atoms with van der Waals surface area (Å²) in [5.41, 5.74) is 0. The third kappa shape index (κ3) is 8.31. The van der Waals surface area contributed by atoms with E-state index in [0.29, 0.717) is 0 Å². The van der Waals surface area contributed by atoms with Gasteiger partial charge in [-0.1, -0.05) is 109 Å². The number of hydrogen-bond acceptors (Lipinski definition) is 0. The molecule has 0 nitrogen and oxygen atoms in total. The fraction of sp³-hybridized carbons (Fsp3) is 0.920. The zero-order valence-electron chi connectivity index (χ0n) is 17.5. The number of hydrogen-bond donors (Lipinski definition) is 0. The molecule has 146 valence electrons. The van der Waals surface area contributed by atoms with Crippen LogP contribution in [-0.4, -0.2) is 0 Å². The Morgan fingerprint density at radius 3 is 2.00 bits per heavy atom. The topological polar surface area (TPSA) is 0 Å². The van der Waals surface area contributed by atoms with Gasteiger partial charge in [0.25, 0.3) is 0 Å². The summed E-state index contributed by atoms with van der Waals surface area (Å²) in [4.78, 5) is 0. The van der Waals surface area contributed by atoms with Gasteiger partial charge < -0.3 is 0 Å². The van der Waals surface area contributed by atoms with Gasteiger partial charge in [-0.25, -0.2) is 0 Å². The Balaban J connectivity index is 1.57.